The molecule has 2 aromatic carbocycles. The Kier molecular flexibility index (Phi) is 6.88. The van der Waals surface area contributed by atoms with E-state index in [-0.39, 0.29) is 18.1 Å². The average Bonchev–Trinajstić information content (AvgIpc) is 2.55. The molecule has 126 valence electrons. The molecule has 0 saturated carbocycles. The van der Waals surface area contributed by atoms with Crippen LogP contribution < -0.4 is 5.32 Å². The zero-order valence-electron chi connectivity index (χ0n) is 13.6. The number of carboxylic acids is 1. The van der Waals surface area contributed by atoms with Gasteiger partial charge in [-0.05, 0) is 18.1 Å². The maximum atomic E-state index is 12.0. The van der Waals surface area contributed by atoms with Crippen LogP contribution >= 0.6 is 11.8 Å². The molecule has 0 aliphatic rings. The van der Waals surface area contributed by atoms with Crippen molar-refractivity contribution in [2.24, 2.45) is 0 Å². The van der Waals surface area contributed by atoms with E-state index in [1.54, 1.807) is 0 Å². The Morgan fingerprint density at radius 2 is 1.79 bits per heavy atom. The minimum Gasteiger partial charge on any atom is -0.480 e. The fourth-order valence-corrected chi connectivity index (χ4v) is 3.14. The van der Waals surface area contributed by atoms with Gasteiger partial charge in [-0.2, -0.15) is 0 Å². The number of aryl methyl sites for hydroxylation is 1. The molecule has 0 spiro atoms. The lowest BCUT2D eigenvalue weighted by atomic mass is 10.1. The van der Waals surface area contributed by atoms with Crippen molar-refractivity contribution in [2.45, 2.75) is 25.1 Å². The minimum atomic E-state index is -1.02. The summed E-state index contributed by atoms with van der Waals surface area (Å²) in [5, 5.41) is 11.9. The number of carbonyl (C=O) groups is 2. The van der Waals surface area contributed by atoms with Crippen LogP contribution in [0.5, 0.6) is 0 Å². The summed E-state index contributed by atoms with van der Waals surface area (Å²) < 4.78 is 0. The number of nitrogens with one attached hydrogen (secondary N) is 1. The van der Waals surface area contributed by atoms with Crippen molar-refractivity contribution < 1.29 is 14.7 Å². The highest BCUT2D eigenvalue weighted by molar-refractivity contribution is 7.99. The maximum absolute atomic E-state index is 12.0. The molecule has 0 aliphatic heterocycles. The summed E-state index contributed by atoms with van der Waals surface area (Å²) in [6.45, 7) is 2.03. The predicted octanol–water partition coefficient (Wildman–Crippen LogP) is 3.04. The lowest BCUT2D eigenvalue weighted by Gasteiger charge is -2.14. The number of aliphatic carboxylic acids is 1. The Labute approximate surface area is 146 Å². The monoisotopic (exact) mass is 343 g/mol. The molecule has 0 aromatic heterocycles. The third kappa shape index (κ3) is 6.08. The summed E-state index contributed by atoms with van der Waals surface area (Å²) in [5.41, 5.74) is 3.23. The zero-order chi connectivity index (χ0) is 17.4. The van der Waals surface area contributed by atoms with Crippen molar-refractivity contribution >= 4 is 23.6 Å². The van der Waals surface area contributed by atoms with Gasteiger partial charge in [0, 0.05) is 12.2 Å². The van der Waals surface area contributed by atoms with Crippen LogP contribution in [0.25, 0.3) is 0 Å². The van der Waals surface area contributed by atoms with Gasteiger partial charge >= 0.3 is 5.97 Å². The Hall–Kier alpha value is -2.27. The highest BCUT2D eigenvalue weighted by Gasteiger charge is 2.20. The van der Waals surface area contributed by atoms with Crippen molar-refractivity contribution in [3.63, 3.8) is 0 Å². The third-order valence-corrected chi connectivity index (χ3v) is 4.50. The third-order valence-electron chi connectivity index (χ3n) is 3.50. The molecule has 4 nitrogen and oxygen atoms in total. The van der Waals surface area contributed by atoms with Gasteiger partial charge in [-0.15, -0.1) is 11.8 Å². The molecule has 0 radical (unpaired) electrons. The topological polar surface area (TPSA) is 66.4 Å². The van der Waals surface area contributed by atoms with Gasteiger partial charge in [0.25, 0.3) is 0 Å². The molecule has 1 amide bonds. The predicted molar refractivity (Wildman–Crippen MR) is 97.1 cm³/mol. The minimum absolute atomic E-state index is 0.243. The van der Waals surface area contributed by atoms with Crippen LogP contribution in [0.3, 0.4) is 0 Å². The van der Waals surface area contributed by atoms with E-state index in [0.29, 0.717) is 0 Å². The molecule has 0 bridgehead atoms. The standard InChI is InChI=1S/C19H21NO3S/c1-14-6-5-9-16(10-14)12-24-13-18(21)20-17(19(22)23)11-15-7-3-2-4-8-15/h2-10,17H,11-13H2,1H3,(H,20,21)(H,22,23)/t17-/m1/s1. The first-order valence-corrected chi connectivity index (χ1v) is 8.89. The van der Waals surface area contributed by atoms with Crippen molar-refractivity contribution in [1.82, 2.24) is 5.32 Å². The Bertz CT molecular complexity index is 688. The van der Waals surface area contributed by atoms with E-state index in [2.05, 4.69) is 11.4 Å². The number of hydrogen-bond donors (Lipinski definition) is 2. The van der Waals surface area contributed by atoms with Gasteiger partial charge in [0.15, 0.2) is 0 Å². The largest absolute Gasteiger partial charge is 0.480 e. The first kappa shape index (κ1) is 18.1. The number of carbonyl (C=O) groups excluding carboxylic acids is 1. The number of rotatable bonds is 8. The molecule has 2 aromatic rings. The number of thioether (sulfide) groups is 1. The van der Waals surface area contributed by atoms with Gasteiger partial charge in [0.1, 0.15) is 6.04 Å². The van der Waals surface area contributed by atoms with Gasteiger partial charge in [-0.25, -0.2) is 4.79 Å². The van der Waals surface area contributed by atoms with Gasteiger partial charge in [0.2, 0.25) is 5.91 Å². The lowest BCUT2D eigenvalue weighted by Crippen LogP contribution is -2.43. The van der Waals surface area contributed by atoms with E-state index in [1.807, 2.05) is 55.5 Å². The van der Waals surface area contributed by atoms with Gasteiger partial charge in [-0.1, -0.05) is 60.2 Å². The van der Waals surface area contributed by atoms with Crippen molar-refractivity contribution in [1.29, 1.82) is 0 Å². The van der Waals surface area contributed by atoms with Crippen LogP contribution in [0.1, 0.15) is 16.7 Å². The van der Waals surface area contributed by atoms with Crippen LogP contribution in [-0.2, 0) is 21.8 Å². The number of amides is 1. The first-order chi connectivity index (χ1) is 11.5. The summed E-state index contributed by atoms with van der Waals surface area (Å²) in [5.74, 6) is -0.301. The molecule has 1 atom stereocenters. The highest BCUT2D eigenvalue weighted by Crippen LogP contribution is 2.13. The van der Waals surface area contributed by atoms with E-state index in [1.165, 1.54) is 17.3 Å². The molecule has 0 aliphatic carbocycles. The normalized spacial score (nSPS) is 11.7. The molecule has 5 heteroatoms. The van der Waals surface area contributed by atoms with E-state index >= 15 is 0 Å². The molecular formula is C19H21NO3S. The van der Waals surface area contributed by atoms with Crippen molar-refractivity contribution in [3.8, 4) is 0 Å². The summed E-state index contributed by atoms with van der Waals surface area (Å²) >= 11 is 1.48. The SMILES string of the molecule is Cc1cccc(CSCC(=O)N[C@H](Cc2ccccc2)C(=O)O)c1. The van der Waals surface area contributed by atoms with Crippen molar-refractivity contribution in [3.05, 3.63) is 71.3 Å². The summed E-state index contributed by atoms with van der Waals surface area (Å²) in [7, 11) is 0. The molecule has 0 fully saturated rings. The highest BCUT2D eigenvalue weighted by atomic mass is 32.2. The quantitative estimate of drug-likeness (QED) is 0.773. The molecule has 24 heavy (non-hydrogen) atoms. The van der Waals surface area contributed by atoms with Crippen molar-refractivity contribution in [2.75, 3.05) is 5.75 Å². The zero-order valence-corrected chi connectivity index (χ0v) is 14.4. The number of benzene rings is 2. The number of hydrogen-bond acceptors (Lipinski definition) is 3. The lowest BCUT2D eigenvalue weighted by molar-refractivity contribution is -0.141. The summed E-state index contributed by atoms with van der Waals surface area (Å²) in [6.07, 6.45) is 0.282. The number of carboxylic acid groups (broad SMARTS) is 1. The molecule has 2 N–H and O–H groups in total. The maximum Gasteiger partial charge on any atom is 0.326 e. The van der Waals surface area contributed by atoms with E-state index in [0.717, 1.165) is 16.9 Å². The smallest absolute Gasteiger partial charge is 0.326 e. The fraction of sp³-hybridized carbons (Fsp3) is 0.263. The molecule has 0 heterocycles. The summed E-state index contributed by atoms with van der Waals surface area (Å²) in [6, 6.07) is 16.5. The molecular weight excluding hydrogens is 322 g/mol. The van der Waals surface area contributed by atoms with E-state index in [9.17, 15) is 14.7 Å². The van der Waals surface area contributed by atoms with Crippen LogP contribution in [-0.4, -0.2) is 28.8 Å². The Balaban J connectivity index is 1.81. The second kappa shape index (κ2) is 9.13. The molecule has 0 unspecified atom stereocenters. The average molecular weight is 343 g/mol. The van der Waals surface area contributed by atoms with Crippen LogP contribution in [0, 0.1) is 6.92 Å². The van der Waals surface area contributed by atoms with Crippen LogP contribution in [0.2, 0.25) is 0 Å². The van der Waals surface area contributed by atoms with E-state index in [4.69, 9.17) is 0 Å². The Morgan fingerprint density at radius 1 is 1.08 bits per heavy atom. The second-order valence-electron chi connectivity index (χ2n) is 5.63. The first-order valence-electron chi connectivity index (χ1n) is 7.74. The van der Waals surface area contributed by atoms with Gasteiger partial charge in [-0.3, -0.25) is 4.79 Å². The Morgan fingerprint density at radius 3 is 2.46 bits per heavy atom. The molecule has 2 rings (SSSR count). The van der Waals surface area contributed by atoms with Gasteiger partial charge < -0.3 is 10.4 Å². The summed E-state index contributed by atoms with van der Waals surface area (Å²) in [4.78, 5) is 23.4. The van der Waals surface area contributed by atoms with Gasteiger partial charge in [0.05, 0.1) is 5.75 Å². The van der Waals surface area contributed by atoms with E-state index < -0.39 is 12.0 Å². The second-order valence-corrected chi connectivity index (χ2v) is 6.62. The molecule has 0 saturated heterocycles. The van der Waals surface area contributed by atoms with Crippen LogP contribution in [0.4, 0.5) is 0 Å². The fourth-order valence-electron chi connectivity index (χ4n) is 2.35. The van der Waals surface area contributed by atoms with Crippen LogP contribution in [0.15, 0.2) is 54.6 Å².